The normalized spacial score (nSPS) is 9.33. The molecule has 0 aliphatic carbocycles. The summed E-state index contributed by atoms with van der Waals surface area (Å²) in [5, 5.41) is 9.13. The number of carbonyl (C=O) groups excluding carboxylic acids is 2. The number of rotatable bonds is 2. The molecule has 1 amide bonds. The summed E-state index contributed by atoms with van der Waals surface area (Å²) in [4.78, 5) is 21.1. The minimum atomic E-state index is -0.810. The molecule has 0 heterocycles. The van der Waals surface area contributed by atoms with Crippen LogP contribution in [0.4, 0.5) is 0 Å². The number of aromatic hydroxyl groups is 1. The van der Waals surface area contributed by atoms with Crippen LogP contribution in [0.25, 0.3) is 0 Å². The molecule has 1 aromatic carbocycles. The topological polar surface area (TPSA) is 80.4 Å². The summed E-state index contributed by atoms with van der Waals surface area (Å²) >= 11 is 0. The molecule has 1 rings (SSSR count). The number of carbonyl (C=O) groups is 2. The molecule has 0 saturated heterocycles. The second-order valence-corrected chi connectivity index (χ2v) is 2.22. The van der Waals surface area contributed by atoms with E-state index in [1.807, 2.05) is 0 Å². The summed E-state index contributed by atoms with van der Waals surface area (Å²) in [6.07, 6.45) is 0.472. The first-order valence-electron chi connectivity index (χ1n) is 3.23. The third-order valence-electron chi connectivity index (χ3n) is 1.45. The lowest BCUT2D eigenvalue weighted by molar-refractivity contribution is 0.0990. The lowest BCUT2D eigenvalue weighted by atomic mass is 10.1. The second-order valence-electron chi connectivity index (χ2n) is 2.22. The molecule has 4 nitrogen and oxygen atoms in total. The van der Waals surface area contributed by atoms with Gasteiger partial charge in [0.05, 0.1) is 5.56 Å². The predicted molar refractivity (Wildman–Crippen MR) is 42.0 cm³/mol. The molecule has 3 N–H and O–H groups in total. The molecular formula is C8H7NO3. The molecular weight excluding hydrogens is 158 g/mol. The molecule has 0 aliphatic rings. The van der Waals surface area contributed by atoms with Gasteiger partial charge in [0.25, 0.3) is 5.91 Å². The van der Waals surface area contributed by atoms with Crippen molar-refractivity contribution in [3.05, 3.63) is 29.3 Å². The smallest absolute Gasteiger partial charge is 0.253 e. The third-order valence-corrected chi connectivity index (χ3v) is 1.45. The minimum absolute atomic E-state index is 0.0995. The van der Waals surface area contributed by atoms with Gasteiger partial charge in [-0.05, 0) is 6.07 Å². The molecule has 0 bridgehead atoms. The Balaban J connectivity index is 3.39. The van der Waals surface area contributed by atoms with Crippen molar-refractivity contribution in [2.75, 3.05) is 0 Å². The molecule has 4 heteroatoms. The van der Waals surface area contributed by atoms with E-state index < -0.39 is 5.91 Å². The van der Waals surface area contributed by atoms with Crippen molar-refractivity contribution < 1.29 is 14.7 Å². The van der Waals surface area contributed by atoms with Crippen molar-refractivity contribution in [3.63, 3.8) is 0 Å². The number of aldehydes is 1. The summed E-state index contributed by atoms with van der Waals surface area (Å²) in [5.74, 6) is -1.08. The average molecular weight is 165 g/mol. The monoisotopic (exact) mass is 165 g/mol. The molecule has 0 unspecified atom stereocenters. The van der Waals surface area contributed by atoms with Gasteiger partial charge in [0.2, 0.25) is 0 Å². The van der Waals surface area contributed by atoms with Crippen molar-refractivity contribution >= 4 is 12.2 Å². The summed E-state index contributed by atoms with van der Waals surface area (Å²) in [6.45, 7) is 0. The van der Waals surface area contributed by atoms with Crippen LogP contribution in [0.5, 0.6) is 5.75 Å². The Morgan fingerprint density at radius 3 is 2.58 bits per heavy atom. The van der Waals surface area contributed by atoms with Crippen molar-refractivity contribution in [1.82, 2.24) is 0 Å². The molecule has 0 fully saturated rings. The van der Waals surface area contributed by atoms with Gasteiger partial charge < -0.3 is 10.8 Å². The van der Waals surface area contributed by atoms with Gasteiger partial charge in [0.1, 0.15) is 5.75 Å². The Hall–Kier alpha value is -1.84. The maximum atomic E-state index is 10.7. The molecule has 12 heavy (non-hydrogen) atoms. The van der Waals surface area contributed by atoms with E-state index in [0.29, 0.717) is 6.29 Å². The van der Waals surface area contributed by atoms with Crippen LogP contribution in [-0.2, 0) is 0 Å². The van der Waals surface area contributed by atoms with Crippen LogP contribution in [0.2, 0.25) is 0 Å². The van der Waals surface area contributed by atoms with E-state index in [1.54, 1.807) is 0 Å². The lowest BCUT2D eigenvalue weighted by Gasteiger charge is -2.01. The molecule has 0 spiro atoms. The molecule has 1 aromatic rings. The lowest BCUT2D eigenvalue weighted by Crippen LogP contribution is -2.13. The van der Waals surface area contributed by atoms with Crippen LogP contribution < -0.4 is 5.73 Å². The molecule has 0 atom stereocenters. The fourth-order valence-electron chi connectivity index (χ4n) is 0.924. The van der Waals surface area contributed by atoms with Crippen molar-refractivity contribution in [3.8, 4) is 5.75 Å². The zero-order valence-corrected chi connectivity index (χ0v) is 6.15. The van der Waals surface area contributed by atoms with Gasteiger partial charge in [-0.2, -0.15) is 0 Å². The summed E-state index contributed by atoms with van der Waals surface area (Å²) in [5.41, 5.74) is 4.90. The highest BCUT2D eigenvalue weighted by molar-refractivity contribution is 6.02. The van der Waals surface area contributed by atoms with E-state index in [0.717, 1.165) is 0 Å². The Kier molecular flexibility index (Phi) is 2.09. The number of benzene rings is 1. The molecule has 0 aliphatic heterocycles. The largest absolute Gasteiger partial charge is 0.507 e. The number of amides is 1. The Labute approximate surface area is 68.6 Å². The zero-order chi connectivity index (χ0) is 9.14. The molecule has 0 saturated carbocycles. The summed E-state index contributed by atoms with van der Waals surface area (Å²) < 4.78 is 0. The van der Waals surface area contributed by atoms with Gasteiger partial charge >= 0.3 is 0 Å². The van der Waals surface area contributed by atoms with Crippen molar-refractivity contribution in [1.29, 1.82) is 0 Å². The standard InChI is InChI=1S/C8H7NO3/c9-8(12)7-5(4-10)2-1-3-6(7)11/h1-4,11H,(H2,9,12). The van der Waals surface area contributed by atoms with Crippen LogP contribution in [0.15, 0.2) is 18.2 Å². The fourth-order valence-corrected chi connectivity index (χ4v) is 0.924. The minimum Gasteiger partial charge on any atom is -0.507 e. The zero-order valence-electron chi connectivity index (χ0n) is 6.15. The van der Waals surface area contributed by atoms with Crippen LogP contribution in [0.3, 0.4) is 0 Å². The van der Waals surface area contributed by atoms with Gasteiger partial charge in [-0.3, -0.25) is 9.59 Å². The summed E-state index contributed by atoms with van der Waals surface area (Å²) in [6, 6.07) is 4.17. The molecule has 0 radical (unpaired) electrons. The summed E-state index contributed by atoms with van der Waals surface area (Å²) in [7, 11) is 0. The maximum absolute atomic E-state index is 10.7. The van der Waals surface area contributed by atoms with Gasteiger partial charge in [-0.1, -0.05) is 12.1 Å². The van der Waals surface area contributed by atoms with Gasteiger partial charge in [0, 0.05) is 5.56 Å². The number of phenols is 1. The van der Waals surface area contributed by atoms with E-state index in [9.17, 15) is 9.59 Å². The number of hydrogen-bond donors (Lipinski definition) is 2. The van der Waals surface area contributed by atoms with E-state index >= 15 is 0 Å². The Morgan fingerprint density at radius 2 is 2.17 bits per heavy atom. The van der Waals surface area contributed by atoms with Crippen LogP contribution >= 0.6 is 0 Å². The quantitative estimate of drug-likeness (QED) is 0.618. The van der Waals surface area contributed by atoms with E-state index in [-0.39, 0.29) is 16.9 Å². The van der Waals surface area contributed by atoms with Crippen LogP contribution in [-0.4, -0.2) is 17.3 Å². The maximum Gasteiger partial charge on any atom is 0.253 e. The van der Waals surface area contributed by atoms with E-state index in [4.69, 9.17) is 10.8 Å². The highest BCUT2D eigenvalue weighted by atomic mass is 16.3. The number of nitrogens with two attached hydrogens (primary N) is 1. The van der Waals surface area contributed by atoms with Gasteiger partial charge in [0.15, 0.2) is 6.29 Å². The van der Waals surface area contributed by atoms with Gasteiger partial charge in [-0.15, -0.1) is 0 Å². The fraction of sp³-hybridized carbons (Fsp3) is 0. The Bertz CT molecular complexity index is 333. The van der Waals surface area contributed by atoms with Crippen molar-refractivity contribution in [2.24, 2.45) is 5.73 Å². The first-order valence-corrected chi connectivity index (χ1v) is 3.23. The van der Waals surface area contributed by atoms with Gasteiger partial charge in [-0.25, -0.2) is 0 Å². The highest BCUT2D eigenvalue weighted by Crippen LogP contribution is 2.18. The highest BCUT2D eigenvalue weighted by Gasteiger charge is 2.11. The molecule has 0 aromatic heterocycles. The SMILES string of the molecule is NC(=O)c1c(O)cccc1C=O. The van der Waals surface area contributed by atoms with Crippen LogP contribution in [0, 0.1) is 0 Å². The van der Waals surface area contributed by atoms with Crippen molar-refractivity contribution in [2.45, 2.75) is 0 Å². The number of hydrogen-bond acceptors (Lipinski definition) is 3. The second kappa shape index (κ2) is 3.04. The average Bonchev–Trinajstić information content (AvgIpc) is 2.03. The first-order chi connectivity index (χ1) is 5.66. The Morgan fingerprint density at radius 1 is 1.50 bits per heavy atom. The van der Waals surface area contributed by atoms with Crippen LogP contribution in [0.1, 0.15) is 20.7 Å². The predicted octanol–water partition coefficient (Wildman–Crippen LogP) is 0.304. The first kappa shape index (κ1) is 8.26. The van der Waals surface area contributed by atoms with E-state index in [1.165, 1.54) is 18.2 Å². The third kappa shape index (κ3) is 1.27. The number of primary amides is 1. The van der Waals surface area contributed by atoms with E-state index in [2.05, 4.69) is 0 Å². The molecule has 62 valence electrons.